The zero-order chi connectivity index (χ0) is 38.5. The summed E-state index contributed by atoms with van der Waals surface area (Å²) < 4.78 is 0. The van der Waals surface area contributed by atoms with Crippen molar-refractivity contribution in [1.29, 1.82) is 0 Å². The number of Topliss-reactive ketones (excluding diaryl/α,β-unsaturated/α-hetero) is 1. The molecule has 4 aromatic carbocycles. The summed E-state index contributed by atoms with van der Waals surface area (Å²) in [7, 11) is 0. The third kappa shape index (κ3) is 9.76. The lowest BCUT2D eigenvalue weighted by Gasteiger charge is -2.04. The fourth-order valence-corrected chi connectivity index (χ4v) is 6.00. The number of aliphatic hydroxyl groups excluding tert-OH is 1. The van der Waals surface area contributed by atoms with E-state index >= 15 is 0 Å². The normalized spacial score (nSPS) is 11.1. The van der Waals surface area contributed by atoms with Crippen LogP contribution in [-0.4, -0.2) is 71.9 Å². The average Bonchev–Trinajstić information content (AvgIpc) is 3.99. The Labute approximate surface area is 309 Å². The molecule has 0 amide bonds. The summed E-state index contributed by atoms with van der Waals surface area (Å²) in [6.07, 6.45) is 9.75. The maximum absolute atomic E-state index is 11.0. The number of hydrogen-bond donors (Lipinski definition) is 8. The second kappa shape index (κ2) is 18.6. The van der Waals surface area contributed by atoms with Crippen molar-refractivity contribution in [3.05, 3.63) is 144 Å². The van der Waals surface area contributed by atoms with Gasteiger partial charge < -0.3 is 45.8 Å². The van der Waals surface area contributed by atoms with E-state index in [2.05, 4.69) is 26.0 Å². The molecule has 8 aromatic rings. The van der Waals surface area contributed by atoms with Crippen LogP contribution in [0.25, 0.3) is 43.6 Å². The molecule has 0 spiro atoms. The van der Waals surface area contributed by atoms with E-state index in [1.54, 1.807) is 6.20 Å². The second-order valence-corrected chi connectivity index (χ2v) is 12.3. The van der Waals surface area contributed by atoms with Crippen molar-refractivity contribution in [3.63, 3.8) is 0 Å². The van der Waals surface area contributed by atoms with E-state index in [1.165, 1.54) is 10.9 Å². The first-order valence-corrected chi connectivity index (χ1v) is 17.2. The lowest BCUT2D eigenvalue weighted by Crippen LogP contribution is -2.32. The number of nitrogens with two attached hydrogens (primary N) is 1. The van der Waals surface area contributed by atoms with E-state index in [1.807, 2.05) is 110 Å². The van der Waals surface area contributed by atoms with E-state index in [0.717, 1.165) is 67.6 Å². The van der Waals surface area contributed by atoms with Crippen LogP contribution in [0.5, 0.6) is 0 Å². The number of nitrogens with one attached hydrogen (secondary N) is 4. The fourth-order valence-electron chi connectivity index (χ4n) is 6.00. The first-order chi connectivity index (χ1) is 26.2. The number of hydrogen-bond acceptors (Lipinski definition) is 6. The van der Waals surface area contributed by atoms with Gasteiger partial charge in [0.25, 0.3) is 0 Å². The van der Waals surface area contributed by atoms with E-state index in [0.29, 0.717) is 12.8 Å². The van der Waals surface area contributed by atoms with Crippen LogP contribution < -0.4 is 5.73 Å². The van der Waals surface area contributed by atoms with Gasteiger partial charge in [0.2, 0.25) is 5.78 Å². The standard InChI is InChI=1S/C11H12N2O2.C11H9NO3.C10H11NO.C10H9NO/c12-9(11(14)15)5-7-6-13-10-4-2-1-3-8(7)10;13-10(11(14)15)5-7-6-12-9-4-2-1-3-8(7)9;2*12-6-5-8-7-11-10-4-2-1-3-9(8)10/h1-4,6,9,13H,5,12H2,(H,14,15);1-4,6,12H,5H2,(H,14,15);1-4,7,11-12H,5-6H2;1-4,6-7,11H,5H2. The van der Waals surface area contributed by atoms with Gasteiger partial charge in [-0.25, -0.2) is 4.79 Å². The number of aliphatic hydroxyl groups is 1. The van der Waals surface area contributed by atoms with Gasteiger partial charge >= 0.3 is 11.9 Å². The van der Waals surface area contributed by atoms with Crippen LogP contribution in [0.15, 0.2) is 122 Å². The highest BCUT2D eigenvalue weighted by atomic mass is 16.4. The van der Waals surface area contributed by atoms with Gasteiger partial charge in [-0.15, -0.1) is 0 Å². The number of aromatic amines is 4. The van der Waals surface area contributed by atoms with Crippen molar-refractivity contribution >= 4 is 67.6 Å². The number of ketones is 1. The van der Waals surface area contributed by atoms with Gasteiger partial charge in [0.05, 0.1) is 0 Å². The van der Waals surface area contributed by atoms with E-state index in [-0.39, 0.29) is 13.0 Å². The molecule has 0 bridgehead atoms. The maximum Gasteiger partial charge on any atom is 0.372 e. The third-order valence-electron chi connectivity index (χ3n) is 8.73. The van der Waals surface area contributed by atoms with Crippen molar-refractivity contribution in [1.82, 2.24) is 19.9 Å². The number of carboxylic acid groups (broad SMARTS) is 2. The Morgan fingerprint density at radius 1 is 0.593 bits per heavy atom. The smallest absolute Gasteiger partial charge is 0.372 e. The van der Waals surface area contributed by atoms with Crippen LogP contribution in [0.4, 0.5) is 0 Å². The van der Waals surface area contributed by atoms with Crippen molar-refractivity contribution in [3.8, 4) is 0 Å². The molecule has 0 radical (unpaired) electrons. The number of carbonyl (C=O) groups is 4. The molecular weight excluding hydrogens is 686 g/mol. The van der Waals surface area contributed by atoms with Crippen LogP contribution >= 0.6 is 0 Å². The minimum atomic E-state index is -1.39. The monoisotopic (exact) mass is 727 g/mol. The number of rotatable bonds is 10. The molecule has 4 heterocycles. The Bertz CT molecular complexity index is 2490. The molecule has 276 valence electrons. The summed E-state index contributed by atoms with van der Waals surface area (Å²) in [5.74, 6) is -3.15. The molecule has 0 saturated carbocycles. The second-order valence-electron chi connectivity index (χ2n) is 12.3. The minimum Gasteiger partial charge on any atom is -0.480 e. The van der Waals surface area contributed by atoms with E-state index in [4.69, 9.17) is 21.1 Å². The SMILES string of the molecule is NC(Cc1c[nH]c2ccccc12)C(=O)O.O=C(O)C(=O)Cc1c[nH]c2ccccc12.O=CCc1c[nH]c2ccccc12.OCCc1c[nH]c2ccccc12. The van der Waals surface area contributed by atoms with Crippen molar-refractivity contribution < 1.29 is 34.5 Å². The largest absolute Gasteiger partial charge is 0.480 e. The first kappa shape index (κ1) is 38.5. The molecular formula is C42H41N5O7. The summed E-state index contributed by atoms with van der Waals surface area (Å²) in [6.45, 7) is 0.210. The molecule has 1 atom stereocenters. The summed E-state index contributed by atoms with van der Waals surface area (Å²) >= 11 is 0. The topological polar surface area (TPSA) is 218 Å². The van der Waals surface area contributed by atoms with Crippen molar-refractivity contribution in [2.45, 2.75) is 31.7 Å². The number of carboxylic acids is 2. The quantitative estimate of drug-likeness (QED) is 0.0607. The van der Waals surface area contributed by atoms with Crippen molar-refractivity contribution in [2.24, 2.45) is 5.73 Å². The number of carbonyl (C=O) groups excluding carboxylic acids is 2. The Balaban J connectivity index is 0.000000139. The first-order valence-electron chi connectivity index (χ1n) is 17.2. The molecule has 1 unspecified atom stereocenters. The number of H-pyrrole nitrogens is 4. The van der Waals surface area contributed by atoms with Crippen LogP contribution in [0, 0.1) is 0 Å². The zero-order valence-electron chi connectivity index (χ0n) is 29.3. The molecule has 12 nitrogen and oxygen atoms in total. The highest BCUT2D eigenvalue weighted by Gasteiger charge is 2.15. The molecule has 9 N–H and O–H groups in total. The fraction of sp³-hybridized carbons (Fsp3) is 0.143. The van der Waals surface area contributed by atoms with Gasteiger partial charge in [-0.05, 0) is 52.9 Å². The molecule has 54 heavy (non-hydrogen) atoms. The van der Waals surface area contributed by atoms with Crippen LogP contribution in [-0.2, 0) is 44.9 Å². The van der Waals surface area contributed by atoms with Gasteiger partial charge in [0.15, 0.2) is 0 Å². The highest BCUT2D eigenvalue weighted by Crippen LogP contribution is 2.20. The Morgan fingerprint density at radius 3 is 1.43 bits per heavy atom. The van der Waals surface area contributed by atoms with Gasteiger partial charge in [0.1, 0.15) is 12.3 Å². The van der Waals surface area contributed by atoms with Gasteiger partial charge in [0, 0.05) is 94.3 Å². The zero-order valence-corrected chi connectivity index (χ0v) is 29.3. The van der Waals surface area contributed by atoms with Crippen LogP contribution in [0.3, 0.4) is 0 Å². The van der Waals surface area contributed by atoms with E-state index < -0.39 is 23.8 Å². The summed E-state index contributed by atoms with van der Waals surface area (Å²) in [5, 5.41) is 30.3. The van der Waals surface area contributed by atoms with Crippen LogP contribution in [0.2, 0.25) is 0 Å². The minimum absolute atomic E-state index is 0.0701. The predicted molar refractivity (Wildman–Crippen MR) is 209 cm³/mol. The lowest BCUT2D eigenvalue weighted by molar-refractivity contribution is -0.148. The number of aliphatic carboxylic acids is 2. The lowest BCUT2D eigenvalue weighted by atomic mass is 10.1. The molecule has 0 aliphatic rings. The predicted octanol–water partition coefficient (Wildman–Crippen LogP) is 6.10. The molecule has 0 fully saturated rings. The van der Waals surface area contributed by atoms with Crippen LogP contribution in [0.1, 0.15) is 22.3 Å². The molecule has 8 rings (SSSR count). The number of aromatic nitrogens is 4. The summed E-state index contributed by atoms with van der Waals surface area (Å²) in [6, 6.07) is 30.5. The molecule has 0 saturated heterocycles. The number of aldehydes is 1. The molecule has 12 heteroatoms. The summed E-state index contributed by atoms with van der Waals surface area (Å²) in [4.78, 5) is 54.7. The Hall–Kier alpha value is -6.76. The third-order valence-corrected chi connectivity index (χ3v) is 8.73. The molecule has 4 aromatic heterocycles. The Morgan fingerprint density at radius 2 is 0.981 bits per heavy atom. The average molecular weight is 728 g/mol. The molecule has 0 aliphatic carbocycles. The highest BCUT2D eigenvalue weighted by molar-refractivity contribution is 6.33. The Kier molecular flexibility index (Phi) is 13.3. The van der Waals surface area contributed by atoms with Gasteiger partial charge in [-0.3, -0.25) is 9.59 Å². The number of benzene rings is 4. The number of fused-ring (bicyclic) bond motifs is 4. The van der Waals surface area contributed by atoms with E-state index in [9.17, 15) is 19.2 Å². The molecule has 0 aliphatic heterocycles. The summed E-state index contributed by atoms with van der Waals surface area (Å²) in [5.41, 5.74) is 13.6. The van der Waals surface area contributed by atoms with Gasteiger partial charge in [-0.2, -0.15) is 0 Å². The number of para-hydroxylation sites is 4. The van der Waals surface area contributed by atoms with Gasteiger partial charge in [-0.1, -0.05) is 72.8 Å². The van der Waals surface area contributed by atoms with Crippen molar-refractivity contribution in [2.75, 3.05) is 6.61 Å². The maximum atomic E-state index is 11.0.